The lowest BCUT2D eigenvalue weighted by molar-refractivity contribution is 0.0951. The second kappa shape index (κ2) is 8.00. The number of carbonyl (C=O) groups is 1. The van der Waals surface area contributed by atoms with Crippen molar-refractivity contribution in [1.29, 1.82) is 0 Å². The molecular formula is C21H17ClFN5O2. The molecule has 1 amide bonds. The van der Waals surface area contributed by atoms with Crippen molar-refractivity contribution < 1.29 is 13.6 Å². The maximum atomic E-state index is 13.4. The van der Waals surface area contributed by atoms with E-state index >= 15 is 0 Å². The SMILES string of the molecule is CCNC(=O)c1cc(-c2nccc3c(Nc4ccc(F)c(Cl)c4)c(N)oc23)ccn1. The summed E-state index contributed by atoms with van der Waals surface area (Å²) in [6.45, 7) is 2.33. The molecule has 0 radical (unpaired) electrons. The molecule has 0 saturated heterocycles. The van der Waals surface area contributed by atoms with E-state index in [4.69, 9.17) is 21.8 Å². The third-order valence-corrected chi connectivity index (χ3v) is 4.71. The molecule has 4 N–H and O–H groups in total. The molecule has 30 heavy (non-hydrogen) atoms. The number of nitrogens with one attached hydrogen (secondary N) is 2. The first-order valence-corrected chi connectivity index (χ1v) is 9.49. The molecule has 0 atom stereocenters. The highest BCUT2D eigenvalue weighted by Crippen LogP contribution is 2.39. The quantitative estimate of drug-likeness (QED) is 0.425. The first-order valence-electron chi connectivity index (χ1n) is 9.11. The first-order chi connectivity index (χ1) is 14.5. The van der Waals surface area contributed by atoms with Crippen LogP contribution in [0.15, 0.2) is 53.2 Å². The second-order valence-corrected chi connectivity index (χ2v) is 6.83. The molecular weight excluding hydrogens is 409 g/mol. The van der Waals surface area contributed by atoms with Crippen molar-refractivity contribution in [2.24, 2.45) is 0 Å². The third-order valence-electron chi connectivity index (χ3n) is 4.42. The van der Waals surface area contributed by atoms with Gasteiger partial charge in [-0.2, -0.15) is 0 Å². The van der Waals surface area contributed by atoms with Gasteiger partial charge in [-0.3, -0.25) is 14.8 Å². The average molecular weight is 426 g/mol. The first kappa shape index (κ1) is 19.7. The topological polar surface area (TPSA) is 106 Å². The predicted molar refractivity (Wildman–Crippen MR) is 114 cm³/mol. The normalized spacial score (nSPS) is 10.9. The summed E-state index contributed by atoms with van der Waals surface area (Å²) < 4.78 is 19.2. The molecule has 3 heterocycles. The Bertz CT molecular complexity index is 1260. The van der Waals surface area contributed by atoms with E-state index < -0.39 is 5.82 Å². The summed E-state index contributed by atoms with van der Waals surface area (Å²) in [6, 6.07) is 9.38. The summed E-state index contributed by atoms with van der Waals surface area (Å²) >= 11 is 5.86. The van der Waals surface area contributed by atoms with Crippen molar-refractivity contribution in [3.63, 3.8) is 0 Å². The molecule has 0 fully saturated rings. The molecule has 0 bridgehead atoms. The molecule has 0 aliphatic carbocycles. The maximum absolute atomic E-state index is 13.4. The molecule has 4 rings (SSSR count). The summed E-state index contributed by atoms with van der Waals surface area (Å²) in [4.78, 5) is 20.6. The second-order valence-electron chi connectivity index (χ2n) is 6.42. The lowest BCUT2D eigenvalue weighted by Gasteiger charge is -2.07. The van der Waals surface area contributed by atoms with Crippen LogP contribution in [0.2, 0.25) is 5.02 Å². The summed E-state index contributed by atoms with van der Waals surface area (Å²) in [5.74, 6) is -0.655. The number of hydrogen-bond acceptors (Lipinski definition) is 6. The van der Waals surface area contributed by atoms with Crippen LogP contribution in [-0.4, -0.2) is 22.4 Å². The molecule has 0 aliphatic rings. The van der Waals surface area contributed by atoms with Crippen LogP contribution in [0.4, 0.5) is 21.6 Å². The van der Waals surface area contributed by atoms with Crippen molar-refractivity contribution >= 4 is 45.7 Å². The predicted octanol–water partition coefficient (Wildman–Crippen LogP) is 4.76. The molecule has 0 aliphatic heterocycles. The smallest absolute Gasteiger partial charge is 0.269 e. The molecule has 9 heteroatoms. The number of nitrogens with two attached hydrogens (primary N) is 1. The van der Waals surface area contributed by atoms with Gasteiger partial charge in [-0.1, -0.05) is 11.6 Å². The van der Waals surface area contributed by atoms with Crippen LogP contribution in [0.5, 0.6) is 0 Å². The number of fused-ring (bicyclic) bond motifs is 1. The Kier molecular flexibility index (Phi) is 5.24. The van der Waals surface area contributed by atoms with Gasteiger partial charge in [0.15, 0.2) is 5.58 Å². The van der Waals surface area contributed by atoms with Gasteiger partial charge in [0.1, 0.15) is 22.9 Å². The van der Waals surface area contributed by atoms with Gasteiger partial charge in [0.25, 0.3) is 5.91 Å². The Morgan fingerprint density at radius 2 is 2.00 bits per heavy atom. The number of anilines is 3. The highest BCUT2D eigenvalue weighted by Gasteiger charge is 2.18. The van der Waals surface area contributed by atoms with Gasteiger partial charge in [0, 0.05) is 30.2 Å². The fourth-order valence-electron chi connectivity index (χ4n) is 3.05. The Balaban J connectivity index is 1.77. The molecule has 1 aromatic carbocycles. The number of amides is 1. The van der Waals surface area contributed by atoms with E-state index in [2.05, 4.69) is 20.6 Å². The van der Waals surface area contributed by atoms with E-state index in [1.54, 1.807) is 30.5 Å². The molecule has 0 unspecified atom stereocenters. The number of pyridine rings is 2. The zero-order chi connectivity index (χ0) is 21.3. The summed E-state index contributed by atoms with van der Waals surface area (Å²) in [7, 11) is 0. The van der Waals surface area contributed by atoms with Gasteiger partial charge in [0.05, 0.1) is 10.4 Å². The Morgan fingerprint density at radius 3 is 2.77 bits per heavy atom. The monoisotopic (exact) mass is 425 g/mol. The highest BCUT2D eigenvalue weighted by atomic mass is 35.5. The maximum Gasteiger partial charge on any atom is 0.269 e. The van der Waals surface area contributed by atoms with E-state index in [0.717, 1.165) is 0 Å². The van der Waals surface area contributed by atoms with Crippen LogP contribution >= 0.6 is 11.6 Å². The Hall–Kier alpha value is -3.65. The standard InChI is InChI=1S/C21H17ClFN5O2/c1-2-25-21(29)16-9-11(5-7-26-16)17-19-13(6-8-27-17)18(20(24)30-19)28-12-3-4-15(23)14(22)10-12/h3-10,28H,2,24H2,1H3,(H,25,29). The summed E-state index contributed by atoms with van der Waals surface area (Å²) in [5, 5.41) is 6.49. The Morgan fingerprint density at radius 1 is 1.20 bits per heavy atom. The van der Waals surface area contributed by atoms with Crippen molar-refractivity contribution in [2.75, 3.05) is 17.6 Å². The summed E-state index contributed by atoms with van der Waals surface area (Å²) in [6.07, 6.45) is 3.15. The van der Waals surface area contributed by atoms with E-state index in [0.29, 0.717) is 40.1 Å². The van der Waals surface area contributed by atoms with Gasteiger partial charge < -0.3 is 20.8 Å². The number of rotatable bonds is 5. The molecule has 7 nitrogen and oxygen atoms in total. The van der Waals surface area contributed by atoms with E-state index in [1.807, 2.05) is 6.92 Å². The lowest BCUT2D eigenvalue weighted by atomic mass is 10.1. The minimum Gasteiger partial charge on any atom is -0.436 e. The fourth-order valence-corrected chi connectivity index (χ4v) is 3.23. The van der Waals surface area contributed by atoms with Gasteiger partial charge in [-0.15, -0.1) is 0 Å². The van der Waals surface area contributed by atoms with Crippen LogP contribution in [-0.2, 0) is 0 Å². The highest BCUT2D eigenvalue weighted by molar-refractivity contribution is 6.31. The largest absolute Gasteiger partial charge is 0.436 e. The molecule has 3 aromatic heterocycles. The molecule has 152 valence electrons. The van der Waals surface area contributed by atoms with E-state index in [9.17, 15) is 9.18 Å². The van der Waals surface area contributed by atoms with Crippen molar-refractivity contribution in [3.05, 3.63) is 65.3 Å². The number of halogens is 2. The number of benzene rings is 1. The van der Waals surface area contributed by atoms with E-state index in [1.165, 1.54) is 18.3 Å². The lowest BCUT2D eigenvalue weighted by Crippen LogP contribution is -2.23. The van der Waals surface area contributed by atoms with Crippen LogP contribution in [0.3, 0.4) is 0 Å². The van der Waals surface area contributed by atoms with E-state index in [-0.39, 0.29) is 22.5 Å². The van der Waals surface area contributed by atoms with Gasteiger partial charge in [0.2, 0.25) is 5.88 Å². The van der Waals surface area contributed by atoms with Gasteiger partial charge in [-0.05, 0) is 43.3 Å². The van der Waals surface area contributed by atoms with Crippen LogP contribution in [0.1, 0.15) is 17.4 Å². The van der Waals surface area contributed by atoms with Crippen molar-refractivity contribution in [1.82, 2.24) is 15.3 Å². The third kappa shape index (κ3) is 3.65. The molecule has 0 saturated carbocycles. The van der Waals surface area contributed by atoms with Crippen LogP contribution < -0.4 is 16.4 Å². The van der Waals surface area contributed by atoms with Gasteiger partial charge >= 0.3 is 0 Å². The number of aromatic nitrogens is 2. The number of nitrogens with zero attached hydrogens (tertiary/aromatic N) is 2. The fraction of sp³-hybridized carbons (Fsp3) is 0.0952. The minimum atomic E-state index is -0.515. The number of carbonyl (C=O) groups excluding carboxylic acids is 1. The van der Waals surface area contributed by atoms with Crippen molar-refractivity contribution in [2.45, 2.75) is 6.92 Å². The number of nitrogen functional groups attached to an aromatic ring is 1. The molecule has 0 spiro atoms. The zero-order valence-corrected chi connectivity index (χ0v) is 16.6. The van der Waals surface area contributed by atoms with Gasteiger partial charge in [-0.25, -0.2) is 4.39 Å². The minimum absolute atomic E-state index is 0.0107. The number of hydrogen-bond donors (Lipinski definition) is 3. The summed E-state index contributed by atoms with van der Waals surface area (Å²) in [5.41, 5.74) is 9.03. The van der Waals surface area contributed by atoms with Crippen LogP contribution in [0.25, 0.3) is 22.2 Å². The number of furan rings is 1. The zero-order valence-electron chi connectivity index (χ0n) is 15.9. The van der Waals surface area contributed by atoms with Crippen LogP contribution in [0, 0.1) is 5.82 Å². The molecule has 4 aromatic rings. The van der Waals surface area contributed by atoms with Crippen molar-refractivity contribution in [3.8, 4) is 11.3 Å². The Labute approximate surface area is 176 Å². The average Bonchev–Trinajstić information content (AvgIpc) is 3.06.